The third-order valence-corrected chi connectivity index (χ3v) is 5.96. The number of nitrogens with two attached hydrogens (primary N) is 1. The molecule has 0 spiro atoms. The van der Waals surface area contributed by atoms with Crippen molar-refractivity contribution < 1.29 is 31.1 Å². The van der Waals surface area contributed by atoms with Gasteiger partial charge in [-0.3, -0.25) is 0 Å². The van der Waals surface area contributed by atoms with Crippen LogP contribution in [0, 0.1) is 49.9 Å². The zero-order valence-electron chi connectivity index (χ0n) is 15.4. The number of hydrogen-bond donors (Lipinski definition) is 1. The topological polar surface area (TPSA) is 80.8 Å². The molecule has 0 amide bonds. The second-order valence-electron chi connectivity index (χ2n) is 7.77. The summed E-state index contributed by atoms with van der Waals surface area (Å²) < 4.78 is 0. The number of rotatable bonds is 3. The van der Waals surface area contributed by atoms with Gasteiger partial charge in [-0.25, -0.2) is 32.8 Å². The van der Waals surface area contributed by atoms with Crippen LogP contribution >= 0.6 is 0 Å². The first kappa shape index (κ1) is 19.1. The van der Waals surface area contributed by atoms with Gasteiger partial charge in [-0.15, -0.1) is 0 Å². The second kappa shape index (κ2) is 8.05. The summed E-state index contributed by atoms with van der Waals surface area (Å²) >= 11 is 0. The van der Waals surface area contributed by atoms with Gasteiger partial charge in [0.15, 0.2) is 0 Å². The van der Waals surface area contributed by atoms with Crippen molar-refractivity contribution in [2.45, 2.75) is 50.5 Å². The molecule has 6 rings (SSSR count). The molecule has 7 heteroatoms. The minimum Gasteiger partial charge on any atom is -0.368 e. The summed E-state index contributed by atoms with van der Waals surface area (Å²) in [5, 5.41) is 0. The van der Waals surface area contributed by atoms with Gasteiger partial charge in [-0.2, -0.15) is 12.8 Å². The average molecular weight is 586 g/mol. The maximum atomic E-state index is 5.65. The molecule has 2 aliphatic carbocycles. The monoisotopic (exact) mass is 586 g/mol. The van der Waals surface area contributed by atoms with E-state index in [0.717, 1.165) is 48.2 Å². The molecule has 27 heavy (non-hydrogen) atoms. The second-order valence-corrected chi connectivity index (χ2v) is 7.77. The van der Waals surface area contributed by atoms with Crippen molar-refractivity contribution in [2.75, 3.05) is 17.2 Å². The van der Waals surface area contributed by atoms with Gasteiger partial charge in [0, 0.05) is 36.2 Å². The zero-order chi connectivity index (χ0) is 17.5. The van der Waals surface area contributed by atoms with E-state index in [2.05, 4.69) is 33.8 Å². The Bertz CT molecular complexity index is 782. The van der Waals surface area contributed by atoms with E-state index in [4.69, 9.17) is 15.7 Å². The first-order valence-corrected chi connectivity index (χ1v) is 9.63. The largest absolute Gasteiger partial charge is 2.00 e. The summed E-state index contributed by atoms with van der Waals surface area (Å²) in [5.41, 5.74) is 8.59. The number of fused-ring (bicyclic) bond motifs is 1. The van der Waals surface area contributed by atoms with Crippen LogP contribution in [-0.4, -0.2) is 32.5 Å². The third kappa shape index (κ3) is 3.86. The first-order chi connectivity index (χ1) is 12.8. The van der Waals surface area contributed by atoms with Crippen molar-refractivity contribution in [3.8, 4) is 11.3 Å². The number of hydrogen-bond acceptors (Lipinski definition) is 6. The molecule has 2 saturated carbocycles. The Balaban J connectivity index is 0.00000180. The molecular weight excluding hydrogens is 562 g/mol. The van der Waals surface area contributed by atoms with Crippen molar-refractivity contribution in [1.29, 1.82) is 0 Å². The Morgan fingerprint density at radius 1 is 1.04 bits per heavy atom. The van der Waals surface area contributed by atoms with Gasteiger partial charge in [0.1, 0.15) is 0 Å². The normalized spacial score (nSPS) is 24.8. The Morgan fingerprint density at radius 2 is 1.74 bits per heavy atom. The van der Waals surface area contributed by atoms with Crippen LogP contribution in [0.25, 0.3) is 11.3 Å². The fraction of sp³-hybridized carbons (Fsp3) is 0.500. The van der Waals surface area contributed by atoms with Crippen LogP contribution in [0.1, 0.15) is 50.1 Å². The molecule has 4 fully saturated rings. The van der Waals surface area contributed by atoms with E-state index in [1.165, 1.54) is 25.7 Å². The summed E-state index contributed by atoms with van der Waals surface area (Å²) in [7, 11) is 0. The SMILES string of the molecule is Nc1ncc(-c2cc(C3C[CH-]CC[CH-]C3)nc(N3CC4CC3C4)n2)cn1.[U+2]. The van der Waals surface area contributed by atoms with E-state index in [1.54, 1.807) is 12.4 Å². The van der Waals surface area contributed by atoms with E-state index in [9.17, 15) is 0 Å². The molecular formula is C20H24N6U. The van der Waals surface area contributed by atoms with Crippen molar-refractivity contribution in [1.82, 2.24) is 19.9 Å². The smallest absolute Gasteiger partial charge is 0.368 e. The van der Waals surface area contributed by atoms with Gasteiger partial charge in [0.2, 0.25) is 11.9 Å². The third-order valence-electron chi connectivity index (χ3n) is 5.96. The van der Waals surface area contributed by atoms with E-state index in [-0.39, 0.29) is 37.1 Å². The molecule has 2 aliphatic heterocycles. The van der Waals surface area contributed by atoms with Gasteiger partial charge >= 0.3 is 31.1 Å². The summed E-state index contributed by atoms with van der Waals surface area (Å²) in [5.74, 6) is 2.43. The van der Waals surface area contributed by atoms with Gasteiger partial charge in [0.05, 0.1) is 5.69 Å². The van der Waals surface area contributed by atoms with Crippen LogP contribution in [0.5, 0.6) is 0 Å². The molecule has 6 nitrogen and oxygen atoms in total. The van der Waals surface area contributed by atoms with Crippen molar-refractivity contribution >= 4 is 11.9 Å². The van der Waals surface area contributed by atoms with Crippen molar-refractivity contribution in [2.24, 2.45) is 5.92 Å². The minimum atomic E-state index is 0. The zero-order valence-corrected chi connectivity index (χ0v) is 19.5. The van der Waals surface area contributed by atoms with Gasteiger partial charge in [-0.1, -0.05) is 5.92 Å². The van der Waals surface area contributed by atoms with Crippen molar-refractivity contribution in [3.63, 3.8) is 0 Å². The van der Waals surface area contributed by atoms with Crippen LogP contribution in [0.4, 0.5) is 11.9 Å². The fourth-order valence-electron chi connectivity index (χ4n) is 4.40. The van der Waals surface area contributed by atoms with E-state index < -0.39 is 0 Å². The molecule has 4 aliphatic rings. The summed E-state index contributed by atoms with van der Waals surface area (Å²) in [4.78, 5) is 20.6. The van der Waals surface area contributed by atoms with Crippen molar-refractivity contribution in [3.05, 3.63) is 37.0 Å². The minimum absolute atomic E-state index is 0. The quantitative estimate of drug-likeness (QED) is 0.440. The van der Waals surface area contributed by atoms with Gasteiger partial charge in [-0.05, 0) is 24.8 Å². The molecule has 2 aromatic rings. The molecule has 2 aromatic heterocycles. The Kier molecular flexibility index (Phi) is 5.71. The molecule has 0 radical (unpaired) electrons. The summed E-state index contributed by atoms with van der Waals surface area (Å²) in [6.45, 7) is 1.09. The van der Waals surface area contributed by atoms with Crippen LogP contribution in [0.2, 0.25) is 0 Å². The van der Waals surface area contributed by atoms with E-state index >= 15 is 0 Å². The molecule has 0 unspecified atom stereocenters. The molecule has 4 heterocycles. The maximum Gasteiger partial charge on any atom is 2.00 e. The molecule has 2 saturated heterocycles. The Hall–Kier alpha value is -1.19. The maximum absolute atomic E-state index is 5.65. The first-order valence-electron chi connectivity index (χ1n) is 9.63. The van der Waals surface area contributed by atoms with Crippen LogP contribution in [0.15, 0.2) is 18.5 Å². The predicted octanol–water partition coefficient (Wildman–Crippen LogP) is 3.18. The standard InChI is InChI=1S/C20H24N6.U/c21-19-22-10-15(11-23-19)18-9-17(14-5-3-1-2-4-6-14)24-20(25-18)26-12-13-7-16(26)8-13;/h3-4,9-11,13-14,16H,1-2,5-8,12H2,(H2,21,22,23);/q-2;+2. The predicted molar refractivity (Wildman–Crippen MR) is 101 cm³/mol. The fourth-order valence-corrected chi connectivity index (χ4v) is 4.40. The van der Waals surface area contributed by atoms with Gasteiger partial charge in [0.25, 0.3) is 0 Å². The summed E-state index contributed by atoms with van der Waals surface area (Å²) in [6.07, 6.45) is 15.4. The Labute approximate surface area is 184 Å². The molecule has 2 bridgehead atoms. The van der Waals surface area contributed by atoms with E-state index in [0.29, 0.717) is 12.0 Å². The molecule has 2 N–H and O–H groups in total. The molecule has 0 aromatic carbocycles. The van der Waals surface area contributed by atoms with Gasteiger partial charge < -0.3 is 23.5 Å². The molecule has 138 valence electrons. The Morgan fingerprint density at radius 3 is 2.37 bits per heavy atom. The number of anilines is 2. The van der Waals surface area contributed by atoms with Crippen LogP contribution in [-0.2, 0) is 0 Å². The average Bonchev–Trinajstić information content (AvgIpc) is 3.14. The number of aromatic nitrogens is 4. The van der Waals surface area contributed by atoms with E-state index in [1.807, 2.05) is 0 Å². The summed E-state index contributed by atoms with van der Waals surface area (Å²) in [6, 6.07) is 2.74. The van der Waals surface area contributed by atoms with Crippen LogP contribution in [0.3, 0.4) is 0 Å². The number of nitrogens with zero attached hydrogens (tertiary/aromatic N) is 5. The molecule has 0 atom stereocenters. The number of nitrogen functional groups attached to an aromatic ring is 1. The van der Waals surface area contributed by atoms with Crippen LogP contribution < -0.4 is 10.6 Å².